The first-order valence-corrected chi connectivity index (χ1v) is 6.71. The highest BCUT2D eigenvalue weighted by Crippen LogP contribution is 2.41. The van der Waals surface area contributed by atoms with E-state index in [4.69, 9.17) is 0 Å². The topological polar surface area (TPSA) is 0 Å². The standard InChI is InChI=1S/C16H18S/c1-13-9-7-8-12-15(13)16(2,3)17-14-10-5-4-6-11-14/h4-12H,1-3H3. The Kier molecular flexibility index (Phi) is 3.58. The molecule has 0 N–H and O–H groups in total. The Morgan fingerprint density at radius 3 is 2.06 bits per heavy atom. The van der Waals surface area contributed by atoms with Crippen LogP contribution in [0.3, 0.4) is 0 Å². The van der Waals surface area contributed by atoms with Crippen molar-refractivity contribution in [3.05, 3.63) is 65.7 Å². The molecule has 2 aromatic rings. The van der Waals surface area contributed by atoms with Crippen LogP contribution < -0.4 is 0 Å². The molecule has 2 rings (SSSR count). The molecule has 0 aromatic heterocycles. The van der Waals surface area contributed by atoms with Crippen LogP contribution in [0.5, 0.6) is 0 Å². The van der Waals surface area contributed by atoms with Gasteiger partial charge >= 0.3 is 0 Å². The van der Waals surface area contributed by atoms with E-state index in [1.54, 1.807) is 0 Å². The first-order valence-electron chi connectivity index (χ1n) is 5.90. The molecule has 0 amide bonds. The van der Waals surface area contributed by atoms with Gasteiger partial charge in [-0.05, 0) is 44.0 Å². The van der Waals surface area contributed by atoms with E-state index in [-0.39, 0.29) is 4.75 Å². The van der Waals surface area contributed by atoms with Crippen LogP contribution in [-0.2, 0) is 4.75 Å². The summed E-state index contributed by atoms with van der Waals surface area (Å²) in [5.41, 5.74) is 2.77. The summed E-state index contributed by atoms with van der Waals surface area (Å²) in [5, 5.41) is 0. The molecular weight excluding hydrogens is 224 g/mol. The summed E-state index contributed by atoms with van der Waals surface area (Å²) >= 11 is 1.91. The molecule has 0 aliphatic rings. The SMILES string of the molecule is Cc1ccccc1C(C)(C)Sc1ccccc1. The van der Waals surface area contributed by atoms with Crippen LogP contribution in [0.2, 0.25) is 0 Å². The summed E-state index contributed by atoms with van der Waals surface area (Å²) in [6.07, 6.45) is 0. The maximum atomic E-state index is 2.28. The number of hydrogen-bond donors (Lipinski definition) is 0. The summed E-state index contributed by atoms with van der Waals surface area (Å²) in [5.74, 6) is 0. The van der Waals surface area contributed by atoms with Crippen LogP contribution >= 0.6 is 11.8 Å². The summed E-state index contributed by atoms with van der Waals surface area (Å²) in [7, 11) is 0. The Balaban J connectivity index is 2.28. The number of benzene rings is 2. The predicted octanol–water partition coefficient (Wildman–Crippen LogP) is 5.02. The van der Waals surface area contributed by atoms with Gasteiger partial charge in [0.25, 0.3) is 0 Å². The second-order valence-corrected chi connectivity index (χ2v) is 6.44. The molecule has 0 radical (unpaired) electrons. The Morgan fingerprint density at radius 2 is 1.41 bits per heavy atom. The largest absolute Gasteiger partial charge is 0.115 e. The van der Waals surface area contributed by atoms with Crippen LogP contribution in [0.4, 0.5) is 0 Å². The van der Waals surface area contributed by atoms with E-state index in [1.807, 2.05) is 11.8 Å². The van der Waals surface area contributed by atoms with Crippen molar-refractivity contribution in [3.8, 4) is 0 Å². The van der Waals surface area contributed by atoms with Gasteiger partial charge in [-0.25, -0.2) is 0 Å². The van der Waals surface area contributed by atoms with Crippen molar-refractivity contribution in [2.75, 3.05) is 0 Å². The van der Waals surface area contributed by atoms with Crippen molar-refractivity contribution in [1.29, 1.82) is 0 Å². The molecule has 0 nitrogen and oxygen atoms in total. The lowest BCUT2D eigenvalue weighted by atomic mass is 9.97. The normalized spacial score (nSPS) is 11.5. The van der Waals surface area contributed by atoms with Crippen molar-refractivity contribution in [2.45, 2.75) is 30.4 Å². The van der Waals surface area contributed by atoms with Crippen LogP contribution in [0.15, 0.2) is 59.5 Å². The van der Waals surface area contributed by atoms with Gasteiger partial charge in [-0.15, -0.1) is 11.8 Å². The van der Waals surface area contributed by atoms with Gasteiger partial charge in [0.15, 0.2) is 0 Å². The lowest BCUT2D eigenvalue weighted by Gasteiger charge is -2.26. The molecule has 0 unspecified atom stereocenters. The number of rotatable bonds is 3. The van der Waals surface area contributed by atoms with Crippen molar-refractivity contribution in [2.24, 2.45) is 0 Å². The van der Waals surface area contributed by atoms with E-state index in [2.05, 4.69) is 75.4 Å². The average molecular weight is 242 g/mol. The van der Waals surface area contributed by atoms with Crippen molar-refractivity contribution >= 4 is 11.8 Å². The third-order valence-corrected chi connectivity index (χ3v) is 4.15. The second kappa shape index (κ2) is 4.97. The number of aryl methyl sites for hydroxylation is 1. The zero-order valence-corrected chi connectivity index (χ0v) is 11.4. The molecule has 0 heterocycles. The summed E-state index contributed by atoms with van der Waals surface area (Å²) in [6, 6.07) is 19.2. The fourth-order valence-corrected chi connectivity index (χ4v) is 3.31. The molecule has 0 fully saturated rings. The summed E-state index contributed by atoms with van der Waals surface area (Å²) < 4.78 is 0.104. The highest BCUT2D eigenvalue weighted by Gasteiger charge is 2.23. The first kappa shape index (κ1) is 12.3. The molecule has 0 atom stereocenters. The van der Waals surface area contributed by atoms with Gasteiger partial charge in [0, 0.05) is 9.64 Å². The van der Waals surface area contributed by atoms with Crippen LogP contribution in [0, 0.1) is 6.92 Å². The van der Waals surface area contributed by atoms with Crippen LogP contribution in [-0.4, -0.2) is 0 Å². The molecule has 0 spiro atoms. The minimum absolute atomic E-state index is 0.104. The van der Waals surface area contributed by atoms with E-state index < -0.39 is 0 Å². The van der Waals surface area contributed by atoms with Gasteiger partial charge in [0.1, 0.15) is 0 Å². The van der Waals surface area contributed by atoms with Crippen molar-refractivity contribution < 1.29 is 0 Å². The van der Waals surface area contributed by atoms with Gasteiger partial charge in [-0.2, -0.15) is 0 Å². The maximum Gasteiger partial charge on any atom is 0.0401 e. The van der Waals surface area contributed by atoms with Crippen LogP contribution in [0.1, 0.15) is 25.0 Å². The van der Waals surface area contributed by atoms with E-state index in [9.17, 15) is 0 Å². The molecule has 0 saturated carbocycles. The Morgan fingerprint density at radius 1 is 0.824 bits per heavy atom. The zero-order valence-electron chi connectivity index (χ0n) is 10.6. The monoisotopic (exact) mass is 242 g/mol. The fourth-order valence-electron chi connectivity index (χ4n) is 2.09. The zero-order chi connectivity index (χ0) is 12.3. The summed E-state index contributed by atoms with van der Waals surface area (Å²) in [4.78, 5) is 1.32. The quantitative estimate of drug-likeness (QED) is 0.681. The molecule has 88 valence electrons. The molecule has 0 aliphatic carbocycles. The minimum Gasteiger partial charge on any atom is -0.115 e. The van der Waals surface area contributed by atoms with Gasteiger partial charge < -0.3 is 0 Å². The molecule has 0 bridgehead atoms. The lowest BCUT2D eigenvalue weighted by Crippen LogP contribution is -2.13. The first-order chi connectivity index (χ1) is 8.09. The van der Waals surface area contributed by atoms with Gasteiger partial charge in [0.05, 0.1) is 0 Å². The van der Waals surface area contributed by atoms with Crippen molar-refractivity contribution in [1.82, 2.24) is 0 Å². The number of thioether (sulfide) groups is 1. The van der Waals surface area contributed by atoms with E-state index >= 15 is 0 Å². The van der Waals surface area contributed by atoms with Gasteiger partial charge in [-0.1, -0.05) is 42.5 Å². The molecule has 1 heteroatoms. The third kappa shape index (κ3) is 2.92. The highest BCUT2D eigenvalue weighted by molar-refractivity contribution is 8.00. The minimum atomic E-state index is 0.104. The Labute approximate surface area is 108 Å². The average Bonchev–Trinajstić information content (AvgIpc) is 2.30. The maximum absolute atomic E-state index is 2.28. The summed E-state index contributed by atoms with van der Waals surface area (Å²) in [6.45, 7) is 6.75. The predicted molar refractivity (Wildman–Crippen MR) is 76.5 cm³/mol. The molecular formula is C16H18S. The van der Waals surface area contributed by atoms with E-state index in [0.29, 0.717) is 0 Å². The smallest absolute Gasteiger partial charge is 0.0401 e. The Bertz CT molecular complexity index is 486. The van der Waals surface area contributed by atoms with Crippen molar-refractivity contribution in [3.63, 3.8) is 0 Å². The molecule has 17 heavy (non-hydrogen) atoms. The highest BCUT2D eigenvalue weighted by atomic mass is 32.2. The fraction of sp³-hybridized carbons (Fsp3) is 0.250. The molecule has 0 saturated heterocycles. The third-order valence-electron chi connectivity index (χ3n) is 2.91. The van der Waals surface area contributed by atoms with Crippen LogP contribution in [0.25, 0.3) is 0 Å². The van der Waals surface area contributed by atoms with E-state index in [0.717, 1.165) is 0 Å². The number of hydrogen-bond acceptors (Lipinski definition) is 1. The molecule has 0 aliphatic heterocycles. The molecule has 2 aromatic carbocycles. The van der Waals surface area contributed by atoms with E-state index in [1.165, 1.54) is 16.0 Å². The van der Waals surface area contributed by atoms with Gasteiger partial charge in [0.2, 0.25) is 0 Å². The lowest BCUT2D eigenvalue weighted by molar-refractivity contribution is 0.774. The second-order valence-electron chi connectivity index (χ2n) is 4.74. The van der Waals surface area contributed by atoms with Gasteiger partial charge in [-0.3, -0.25) is 0 Å². The Hall–Kier alpha value is -1.21.